The average Bonchev–Trinajstić information content (AvgIpc) is 3.02. The van der Waals surface area contributed by atoms with E-state index in [1.807, 2.05) is 26.4 Å². The second kappa shape index (κ2) is 4.95. The molecule has 2 N–H and O–H groups in total. The van der Waals surface area contributed by atoms with Crippen LogP contribution < -0.4 is 0 Å². The highest BCUT2D eigenvalue weighted by Gasteiger charge is 2.64. The number of carbonyl (C=O) groups is 1. The van der Waals surface area contributed by atoms with E-state index in [0.29, 0.717) is 6.42 Å². The van der Waals surface area contributed by atoms with E-state index in [1.54, 1.807) is 0 Å². The van der Waals surface area contributed by atoms with Crippen molar-refractivity contribution in [2.45, 2.75) is 64.4 Å². The molecule has 4 nitrogen and oxygen atoms in total. The summed E-state index contributed by atoms with van der Waals surface area (Å²) in [6, 6.07) is 0. The lowest BCUT2D eigenvalue weighted by molar-refractivity contribution is -0.175. The summed E-state index contributed by atoms with van der Waals surface area (Å²) in [5.74, 6) is 0.501. The van der Waals surface area contributed by atoms with Gasteiger partial charge in [0.15, 0.2) is 5.78 Å². The summed E-state index contributed by atoms with van der Waals surface area (Å²) in [4.78, 5) is 12.6. The standard InChI is InChI=1S/C20H28O4/c1-18(2)15-6-7-20(11-21)13-10-24-9-12(13)4-5-16(20)19(15,3)8-14(22)17(18)23/h9-10,14-16,21-22H,4-8,11H2,1-3H3/t14-,15-,16+,19-,20+/m0/s1. The van der Waals surface area contributed by atoms with Crippen LogP contribution in [0.3, 0.4) is 0 Å². The van der Waals surface area contributed by atoms with Crippen molar-refractivity contribution < 1.29 is 19.4 Å². The largest absolute Gasteiger partial charge is 0.472 e. The van der Waals surface area contributed by atoms with Crippen LogP contribution in [0.2, 0.25) is 0 Å². The van der Waals surface area contributed by atoms with Gasteiger partial charge in [-0.2, -0.15) is 0 Å². The molecule has 24 heavy (non-hydrogen) atoms. The van der Waals surface area contributed by atoms with E-state index in [-0.39, 0.29) is 35.1 Å². The third-order valence-electron chi connectivity index (χ3n) is 7.84. The van der Waals surface area contributed by atoms with Crippen LogP contribution in [0.5, 0.6) is 0 Å². The molecule has 3 aliphatic rings. The van der Waals surface area contributed by atoms with Crippen molar-refractivity contribution >= 4 is 5.78 Å². The summed E-state index contributed by atoms with van der Waals surface area (Å²) in [7, 11) is 0. The molecule has 2 fully saturated rings. The number of aliphatic hydroxyl groups excluding tert-OH is 2. The molecule has 1 aromatic rings. The van der Waals surface area contributed by atoms with Crippen molar-refractivity contribution in [3.8, 4) is 0 Å². The maximum Gasteiger partial charge on any atom is 0.167 e. The van der Waals surface area contributed by atoms with Crippen LogP contribution in [0.4, 0.5) is 0 Å². The Balaban J connectivity index is 1.84. The fraction of sp³-hybridized carbons (Fsp3) is 0.750. The van der Waals surface area contributed by atoms with Crippen LogP contribution in [0, 0.1) is 22.7 Å². The van der Waals surface area contributed by atoms with Gasteiger partial charge in [-0.3, -0.25) is 4.79 Å². The number of ketones is 1. The predicted octanol–water partition coefficient (Wildman–Crippen LogP) is 2.85. The van der Waals surface area contributed by atoms with E-state index in [1.165, 1.54) is 5.56 Å². The minimum absolute atomic E-state index is 0.0127. The summed E-state index contributed by atoms with van der Waals surface area (Å²) in [5.41, 5.74) is 1.43. The molecular weight excluding hydrogens is 304 g/mol. The van der Waals surface area contributed by atoms with Gasteiger partial charge in [-0.15, -0.1) is 0 Å². The first-order valence-corrected chi connectivity index (χ1v) is 9.16. The SMILES string of the molecule is CC1(C)C(=O)[C@@H](O)C[C@@]2(C)[C@H]1CC[C@@]1(CO)c3cocc3CC[C@@H]12. The fourth-order valence-electron chi connectivity index (χ4n) is 6.82. The normalized spacial score (nSPS) is 43.7. The minimum Gasteiger partial charge on any atom is -0.472 e. The van der Waals surface area contributed by atoms with Crippen molar-refractivity contribution in [1.82, 2.24) is 0 Å². The van der Waals surface area contributed by atoms with Gasteiger partial charge in [0, 0.05) is 16.4 Å². The zero-order valence-electron chi connectivity index (χ0n) is 14.8. The molecule has 0 bridgehead atoms. The third kappa shape index (κ3) is 1.79. The van der Waals surface area contributed by atoms with Gasteiger partial charge in [-0.1, -0.05) is 20.8 Å². The number of aliphatic hydroxyl groups is 2. The molecule has 0 aromatic carbocycles. The number of fused-ring (bicyclic) bond motifs is 5. The lowest BCUT2D eigenvalue weighted by atomic mass is 9.40. The molecule has 0 radical (unpaired) electrons. The van der Waals surface area contributed by atoms with Crippen LogP contribution in [-0.2, 0) is 16.6 Å². The Hall–Kier alpha value is -1.13. The number of Topliss-reactive ketones (excluding diaryl/α,β-unsaturated/α-hetero) is 1. The highest BCUT2D eigenvalue weighted by molar-refractivity contribution is 5.89. The van der Waals surface area contributed by atoms with Gasteiger partial charge < -0.3 is 14.6 Å². The zero-order valence-corrected chi connectivity index (χ0v) is 14.8. The van der Waals surface area contributed by atoms with Gasteiger partial charge in [0.25, 0.3) is 0 Å². The Labute approximate surface area is 143 Å². The average molecular weight is 332 g/mol. The lowest BCUT2D eigenvalue weighted by Gasteiger charge is -2.64. The van der Waals surface area contributed by atoms with Crippen molar-refractivity contribution in [1.29, 1.82) is 0 Å². The smallest absolute Gasteiger partial charge is 0.167 e. The zero-order chi connectivity index (χ0) is 17.3. The molecule has 132 valence electrons. The second-order valence-electron chi connectivity index (χ2n) is 9.12. The van der Waals surface area contributed by atoms with Crippen LogP contribution in [-0.4, -0.2) is 28.7 Å². The molecule has 3 aliphatic carbocycles. The number of rotatable bonds is 1. The first-order chi connectivity index (χ1) is 11.3. The van der Waals surface area contributed by atoms with E-state index in [2.05, 4.69) is 6.92 Å². The van der Waals surface area contributed by atoms with Crippen molar-refractivity contribution in [2.24, 2.45) is 22.7 Å². The predicted molar refractivity (Wildman–Crippen MR) is 89.5 cm³/mol. The molecule has 1 heterocycles. The van der Waals surface area contributed by atoms with Gasteiger partial charge in [0.2, 0.25) is 0 Å². The van der Waals surface area contributed by atoms with E-state index in [0.717, 1.165) is 31.2 Å². The lowest BCUT2D eigenvalue weighted by Crippen LogP contribution is -2.64. The minimum atomic E-state index is -0.888. The Kier molecular flexibility index (Phi) is 3.37. The van der Waals surface area contributed by atoms with E-state index < -0.39 is 11.5 Å². The quantitative estimate of drug-likeness (QED) is 0.829. The van der Waals surface area contributed by atoms with Crippen LogP contribution in [0.1, 0.15) is 57.6 Å². The molecule has 4 heteroatoms. The Morgan fingerprint density at radius 2 is 1.96 bits per heavy atom. The molecule has 0 unspecified atom stereocenters. The Bertz CT molecular complexity index is 675. The van der Waals surface area contributed by atoms with Crippen LogP contribution >= 0.6 is 0 Å². The van der Waals surface area contributed by atoms with Gasteiger partial charge in [-0.05, 0) is 54.9 Å². The van der Waals surface area contributed by atoms with Crippen molar-refractivity contribution in [3.63, 3.8) is 0 Å². The van der Waals surface area contributed by atoms with Gasteiger partial charge in [0.1, 0.15) is 6.10 Å². The van der Waals surface area contributed by atoms with Crippen molar-refractivity contribution in [2.75, 3.05) is 6.61 Å². The van der Waals surface area contributed by atoms with E-state index in [9.17, 15) is 15.0 Å². The topological polar surface area (TPSA) is 70.7 Å². The molecule has 4 rings (SSSR count). The summed E-state index contributed by atoms with van der Waals surface area (Å²) < 4.78 is 5.48. The number of aryl methyl sites for hydroxylation is 1. The van der Waals surface area contributed by atoms with Crippen LogP contribution in [0.25, 0.3) is 0 Å². The summed E-state index contributed by atoms with van der Waals surface area (Å²) in [6.45, 7) is 6.35. The summed E-state index contributed by atoms with van der Waals surface area (Å²) >= 11 is 0. The highest BCUT2D eigenvalue weighted by atomic mass is 16.3. The molecule has 5 atom stereocenters. The van der Waals surface area contributed by atoms with Gasteiger partial charge in [0.05, 0.1) is 19.1 Å². The molecule has 0 spiro atoms. The molecule has 0 amide bonds. The van der Waals surface area contributed by atoms with E-state index in [4.69, 9.17) is 4.42 Å². The second-order valence-corrected chi connectivity index (χ2v) is 9.12. The molecule has 0 aliphatic heterocycles. The van der Waals surface area contributed by atoms with E-state index >= 15 is 0 Å². The molecule has 2 saturated carbocycles. The van der Waals surface area contributed by atoms with Crippen molar-refractivity contribution in [3.05, 3.63) is 23.7 Å². The summed E-state index contributed by atoms with van der Waals surface area (Å²) in [6.07, 6.45) is 6.98. The molecule has 0 saturated heterocycles. The maximum atomic E-state index is 12.6. The first-order valence-electron chi connectivity index (χ1n) is 9.16. The third-order valence-corrected chi connectivity index (χ3v) is 7.84. The monoisotopic (exact) mass is 332 g/mol. The number of furan rings is 1. The highest BCUT2D eigenvalue weighted by Crippen LogP contribution is 2.66. The number of carbonyl (C=O) groups excluding carboxylic acids is 1. The van der Waals surface area contributed by atoms with Gasteiger partial charge >= 0.3 is 0 Å². The number of hydrogen-bond acceptors (Lipinski definition) is 4. The summed E-state index contributed by atoms with van der Waals surface area (Å²) in [5, 5.41) is 20.9. The maximum absolute atomic E-state index is 12.6. The molecular formula is C20H28O4. The molecule has 1 aromatic heterocycles. The van der Waals surface area contributed by atoms with Gasteiger partial charge in [-0.25, -0.2) is 0 Å². The Morgan fingerprint density at radius 1 is 1.21 bits per heavy atom. The Morgan fingerprint density at radius 3 is 2.67 bits per heavy atom. The first kappa shape index (κ1) is 16.3. The van der Waals surface area contributed by atoms with Crippen LogP contribution in [0.15, 0.2) is 16.9 Å². The fourth-order valence-corrected chi connectivity index (χ4v) is 6.82. The number of hydrogen-bond donors (Lipinski definition) is 2.